The number of carboxylic acids is 1. The maximum Gasteiger partial charge on any atom is 0.341 e. The standard InChI is InChI=1S/C18H17BrN2O5/c1-11-3-5-13(16(7-11)25-2)18(24)21-20-9-12-4-6-15(14(19)8-12)26-10-17(22)23/h3-9H,10H2,1-2H3,(H,21,24)(H,22,23)/b20-9+. The van der Waals surface area contributed by atoms with Crippen LogP contribution < -0.4 is 14.9 Å². The predicted octanol–water partition coefficient (Wildman–Crippen LogP) is 2.99. The number of halogens is 1. The van der Waals surface area contributed by atoms with E-state index in [9.17, 15) is 9.59 Å². The van der Waals surface area contributed by atoms with E-state index >= 15 is 0 Å². The van der Waals surface area contributed by atoms with Gasteiger partial charge in [-0.15, -0.1) is 0 Å². The van der Waals surface area contributed by atoms with Gasteiger partial charge in [-0.05, 0) is 64.3 Å². The minimum absolute atomic E-state index is 0.383. The van der Waals surface area contributed by atoms with E-state index < -0.39 is 18.5 Å². The molecule has 0 aliphatic carbocycles. The highest BCUT2D eigenvalue weighted by Crippen LogP contribution is 2.25. The molecule has 2 aromatic rings. The molecule has 0 aliphatic heterocycles. The van der Waals surface area contributed by atoms with Crippen molar-refractivity contribution in [1.29, 1.82) is 0 Å². The molecule has 26 heavy (non-hydrogen) atoms. The molecule has 0 aliphatic rings. The molecular weight excluding hydrogens is 404 g/mol. The molecule has 0 unspecified atom stereocenters. The third-order valence-corrected chi connectivity index (χ3v) is 3.91. The number of carbonyl (C=O) groups is 2. The normalized spacial score (nSPS) is 10.6. The van der Waals surface area contributed by atoms with Crippen molar-refractivity contribution in [3.8, 4) is 11.5 Å². The first kappa shape index (κ1) is 19.5. The van der Waals surface area contributed by atoms with Crippen LogP contribution in [0.4, 0.5) is 0 Å². The van der Waals surface area contributed by atoms with Crippen molar-refractivity contribution < 1.29 is 24.2 Å². The maximum atomic E-state index is 12.2. The summed E-state index contributed by atoms with van der Waals surface area (Å²) in [5.41, 5.74) is 4.50. The first-order valence-electron chi connectivity index (χ1n) is 7.53. The van der Waals surface area contributed by atoms with E-state index in [4.69, 9.17) is 14.6 Å². The Morgan fingerprint density at radius 2 is 2.00 bits per heavy atom. The minimum atomic E-state index is -1.06. The molecule has 0 heterocycles. The van der Waals surface area contributed by atoms with Crippen molar-refractivity contribution in [2.75, 3.05) is 13.7 Å². The van der Waals surface area contributed by atoms with Gasteiger partial charge in [-0.3, -0.25) is 4.79 Å². The first-order valence-corrected chi connectivity index (χ1v) is 8.32. The molecule has 0 aromatic heterocycles. The zero-order valence-electron chi connectivity index (χ0n) is 14.2. The Morgan fingerprint density at radius 3 is 2.65 bits per heavy atom. The highest BCUT2D eigenvalue weighted by Gasteiger charge is 2.11. The molecule has 7 nitrogen and oxygen atoms in total. The number of nitrogens with zero attached hydrogens (tertiary/aromatic N) is 1. The predicted molar refractivity (Wildman–Crippen MR) is 100 cm³/mol. The van der Waals surface area contributed by atoms with E-state index in [-0.39, 0.29) is 0 Å². The van der Waals surface area contributed by atoms with Gasteiger partial charge in [0.15, 0.2) is 6.61 Å². The van der Waals surface area contributed by atoms with Crippen LogP contribution in [0.15, 0.2) is 46.0 Å². The number of benzene rings is 2. The third kappa shape index (κ3) is 5.32. The number of rotatable bonds is 7. The van der Waals surface area contributed by atoms with Crippen LogP contribution in [0.3, 0.4) is 0 Å². The van der Waals surface area contributed by atoms with Crippen LogP contribution in [0.1, 0.15) is 21.5 Å². The quantitative estimate of drug-likeness (QED) is 0.529. The summed E-state index contributed by atoms with van der Waals surface area (Å²) in [7, 11) is 1.50. The van der Waals surface area contributed by atoms with Crippen LogP contribution in [0, 0.1) is 6.92 Å². The molecule has 0 bridgehead atoms. The van der Waals surface area contributed by atoms with E-state index in [2.05, 4.69) is 26.5 Å². The fourth-order valence-electron chi connectivity index (χ4n) is 2.07. The van der Waals surface area contributed by atoms with Gasteiger partial charge in [-0.1, -0.05) is 6.07 Å². The zero-order chi connectivity index (χ0) is 19.1. The molecule has 2 aromatic carbocycles. The number of ether oxygens (including phenoxy) is 2. The number of hydrazone groups is 1. The molecule has 1 amide bonds. The summed E-state index contributed by atoms with van der Waals surface area (Å²) in [5.74, 6) is -0.575. The maximum absolute atomic E-state index is 12.2. The number of methoxy groups -OCH3 is 1. The van der Waals surface area contributed by atoms with E-state index in [1.165, 1.54) is 13.3 Å². The van der Waals surface area contributed by atoms with Crippen LogP contribution in [-0.4, -0.2) is 36.9 Å². The van der Waals surface area contributed by atoms with Gasteiger partial charge in [-0.2, -0.15) is 5.10 Å². The topological polar surface area (TPSA) is 97.2 Å². The number of hydrogen-bond donors (Lipinski definition) is 2. The minimum Gasteiger partial charge on any atom is -0.496 e. The summed E-state index contributed by atoms with van der Waals surface area (Å²) < 4.78 is 10.9. The first-order chi connectivity index (χ1) is 12.4. The molecule has 0 fully saturated rings. The largest absolute Gasteiger partial charge is 0.496 e. The van der Waals surface area contributed by atoms with Crippen LogP contribution in [0.2, 0.25) is 0 Å². The van der Waals surface area contributed by atoms with Crippen molar-refractivity contribution in [3.05, 3.63) is 57.6 Å². The Hall–Kier alpha value is -2.87. The van der Waals surface area contributed by atoms with Crippen molar-refractivity contribution >= 4 is 34.0 Å². The van der Waals surface area contributed by atoms with Crippen LogP contribution in [-0.2, 0) is 4.79 Å². The van der Waals surface area contributed by atoms with Gasteiger partial charge >= 0.3 is 5.97 Å². The second-order valence-electron chi connectivity index (χ2n) is 5.28. The number of carboxylic acid groups (broad SMARTS) is 1. The lowest BCUT2D eigenvalue weighted by atomic mass is 10.1. The van der Waals surface area contributed by atoms with Crippen LogP contribution >= 0.6 is 15.9 Å². The van der Waals surface area contributed by atoms with Gasteiger partial charge in [-0.25, -0.2) is 10.2 Å². The molecular formula is C18H17BrN2O5. The van der Waals surface area contributed by atoms with E-state index in [1.807, 2.05) is 13.0 Å². The second kappa shape index (κ2) is 9.00. The fraction of sp³-hybridized carbons (Fsp3) is 0.167. The summed E-state index contributed by atoms with van der Waals surface area (Å²) in [6.07, 6.45) is 1.46. The van der Waals surface area contributed by atoms with Crippen LogP contribution in [0.25, 0.3) is 0 Å². The van der Waals surface area contributed by atoms with Gasteiger partial charge in [0.1, 0.15) is 11.5 Å². The number of aryl methyl sites for hydroxylation is 1. The lowest BCUT2D eigenvalue weighted by molar-refractivity contribution is -0.139. The van der Waals surface area contributed by atoms with Gasteiger partial charge in [0, 0.05) is 0 Å². The van der Waals surface area contributed by atoms with Gasteiger partial charge in [0.25, 0.3) is 5.91 Å². The monoisotopic (exact) mass is 420 g/mol. The Kier molecular flexibility index (Phi) is 6.74. The Labute approximate surface area is 158 Å². The van der Waals surface area contributed by atoms with Crippen molar-refractivity contribution in [1.82, 2.24) is 5.43 Å². The molecule has 2 rings (SSSR count). The lowest BCUT2D eigenvalue weighted by Gasteiger charge is -2.08. The fourth-order valence-corrected chi connectivity index (χ4v) is 2.58. The summed E-state index contributed by atoms with van der Waals surface area (Å²) in [6.45, 7) is 1.48. The molecule has 8 heteroatoms. The van der Waals surface area contributed by atoms with E-state index in [0.29, 0.717) is 27.1 Å². The summed E-state index contributed by atoms with van der Waals surface area (Å²) in [6, 6.07) is 10.2. The Bertz CT molecular complexity index is 851. The van der Waals surface area contributed by atoms with Gasteiger partial charge < -0.3 is 14.6 Å². The van der Waals surface area contributed by atoms with Crippen molar-refractivity contribution in [2.24, 2.45) is 5.10 Å². The number of aliphatic carboxylic acids is 1. The lowest BCUT2D eigenvalue weighted by Crippen LogP contribution is -2.18. The molecule has 136 valence electrons. The smallest absolute Gasteiger partial charge is 0.341 e. The van der Waals surface area contributed by atoms with Crippen molar-refractivity contribution in [3.63, 3.8) is 0 Å². The number of nitrogens with one attached hydrogen (secondary N) is 1. The Morgan fingerprint density at radius 1 is 1.23 bits per heavy atom. The summed E-state index contributed by atoms with van der Waals surface area (Å²) in [4.78, 5) is 22.7. The summed E-state index contributed by atoms with van der Waals surface area (Å²) in [5, 5.41) is 12.5. The van der Waals surface area contributed by atoms with Gasteiger partial charge in [0.2, 0.25) is 0 Å². The molecule has 0 spiro atoms. The molecule has 0 saturated heterocycles. The average molecular weight is 421 g/mol. The zero-order valence-corrected chi connectivity index (χ0v) is 15.7. The SMILES string of the molecule is COc1cc(C)ccc1C(=O)N/N=C/c1ccc(OCC(=O)O)c(Br)c1. The van der Waals surface area contributed by atoms with Gasteiger partial charge in [0.05, 0.1) is 23.4 Å². The van der Waals surface area contributed by atoms with Crippen molar-refractivity contribution in [2.45, 2.75) is 6.92 Å². The number of hydrogen-bond acceptors (Lipinski definition) is 5. The second-order valence-corrected chi connectivity index (χ2v) is 6.13. The highest BCUT2D eigenvalue weighted by atomic mass is 79.9. The third-order valence-electron chi connectivity index (χ3n) is 3.29. The van der Waals surface area contributed by atoms with Crippen LogP contribution in [0.5, 0.6) is 11.5 Å². The number of amides is 1. The van der Waals surface area contributed by atoms with E-state index in [0.717, 1.165) is 5.56 Å². The molecule has 2 N–H and O–H groups in total. The average Bonchev–Trinajstić information content (AvgIpc) is 2.60. The Balaban J connectivity index is 2.03. The molecule has 0 saturated carbocycles. The highest BCUT2D eigenvalue weighted by molar-refractivity contribution is 9.10. The summed E-state index contributed by atoms with van der Waals surface area (Å²) >= 11 is 3.30. The molecule has 0 radical (unpaired) electrons. The van der Waals surface area contributed by atoms with E-state index in [1.54, 1.807) is 30.3 Å². The number of carbonyl (C=O) groups excluding carboxylic acids is 1. The molecule has 0 atom stereocenters.